The lowest BCUT2D eigenvalue weighted by Crippen LogP contribution is -2.07. The van der Waals surface area contributed by atoms with Crippen LogP contribution in [-0.4, -0.2) is 12.3 Å². The Morgan fingerprint density at radius 3 is 2.57 bits per heavy atom. The van der Waals surface area contributed by atoms with Gasteiger partial charge in [-0.1, -0.05) is 19.9 Å². The lowest BCUT2D eigenvalue weighted by molar-refractivity contribution is 0.161. The van der Waals surface area contributed by atoms with Crippen LogP contribution in [0.2, 0.25) is 0 Å². The first kappa shape index (κ1) is 11.0. The second kappa shape index (κ2) is 4.98. The van der Waals surface area contributed by atoms with E-state index in [0.717, 1.165) is 11.3 Å². The number of ether oxygens (including phenoxy) is 1. The Morgan fingerprint density at radius 1 is 1.36 bits per heavy atom. The van der Waals surface area contributed by atoms with E-state index < -0.39 is 0 Å². The number of methoxy groups -OCH3 is 1. The van der Waals surface area contributed by atoms with Gasteiger partial charge in [0.2, 0.25) is 0 Å². The van der Waals surface area contributed by atoms with Gasteiger partial charge in [0.15, 0.2) is 0 Å². The van der Waals surface area contributed by atoms with Crippen LogP contribution in [0.5, 0.6) is 5.75 Å². The average molecular weight is 195 g/mol. The van der Waals surface area contributed by atoms with Crippen LogP contribution in [0.25, 0.3) is 0 Å². The zero-order valence-electron chi connectivity index (χ0n) is 8.87. The Labute approximate surface area is 84.7 Å². The Bertz CT molecular complexity index is 297. The van der Waals surface area contributed by atoms with Gasteiger partial charge in [-0.25, -0.2) is 5.48 Å². The molecule has 0 heterocycles. The summed E-state index contributed by atoms with van der Waals surface area (Å²) in [6.07, 6.45) is 0. The fraction of sp³-hybridized carbons (Fsp3) is 0.455. The van der Waals surface area contributed by atoms with E-state index in [1.165, 1.54) is 5.56 Å². The molecular weight excluding hydrogens is 178 g/mol. The van der Waals surface area contributed by atoms with E-state index in [9.17, 15) is 0 Å². The summed E-state index contributed by atoms with van der Waals surface area (Å²) in [5.41, 5.74) is 4.39. The third-order valence-electron chi connectivity index (χ3n) is 2.17. The minimum Gasteiger partial charge on any atom is -0.497 e. The predicted molar refractivity (Wildman–Crippen MR) is 55.7 cm³/mol. The third kappa shape index (κ3) is 2.72. The van der Waals surface area contributed by atoms with E-state index in [2.05, 4.69) is 25.4 Å². The largest absolute Gasteiger partial charge is 0.497 e. The van der Waals surface area contributed by atoms with Crippen molar-refractivity contribution in [1.82, 2.24) is 5.48 Å². The molecule has 0 radical (unpaired) electrons. The zero-order chi connectivity index (χ0) is 10.6. The highest BCUT2D eigenvalue weighted by Gasteiger charge is 2.04. The van der Waals surface area contributed by atoms with Crippen molar-refractivity contribution in [2.75, 3.05) is 7.11 Å². The monoisotopic (exact) mass is 195 g/mol. The molecule has 0 aromatic heterocycles. The van der Waals surface area contributed by atoms with E-state index in [-0.39, 0.29) is 0 Å². The van der Waals surface area contributed by atoms with Crippen LogP contribution in [0.1, 0.15) is 30.9 Å². The average Bonchev–Trinajstić information content (AvgIpc) is 2.17. The van der Waals surface area contributed by atoms with Crippen LogP contribution >= 0.6 is 0 Å². The molecule has 0 unspecified atom stereocenters. The molecule has 0 atom stereocenters. The normalized spacial score (nSPS) is 10.6. The van der Waals surface area contributed by atoms with Crippen molar-refractivity contribution in [2.45, 2.75) is 26.3 Å². The van der Waals surface area contributed by atoms with Gasteiger partial charge in [-0.05, 0) is 29.2 Å². The minimum atomic E-state index is 0.441. The molecule has 3 heteroatoms. The van der Waals surface area contributed by atoms with Crippen LogP contribution in [0.4, 0.5) is 0 Å². The zero-order valence-corrected chi connectivity index (χ0v) is 8.87. The van der Waals surface area contributed by atoms with Crippen molar-refractivity contribution >= 4 is 0 Å². The molecular formula is C11H17NO2. The highest BCUT2D eigenvalue weighted by Crippen LogP contribution is 2.22. The molecule has 0 aliphatic rings. The van der Waals surface area contributed by atoms with Crippen molar-refractivity contribution in [2.24, 2.45) is 0 Å². The van der Waals surface area contributed by atoms with Gasteiger partial charge < -0.3 is 9.94 Å². The highest BCUT2D eigenvalue weighted by molar-refractivity contribution is 5.35. The molecule has 1 rings (SSSR count). The molecule has 1 aromatic carbocycles. The summed E-state index contributed by atoms with van der Waals surface area (Å²) < 4.78 is 5.18. The Balaban J connectivity index is 3.00. The molecule has 0 fully saturated rings. The first-order valence-corrected chi connectivity index (χ1v) is 4.72. The lowest BCUT2D eigenvalue weighted by Gasteiger charge is -2.10. The smallest absolute Gasteiger partial charge is 0.119 e. The van der Waals surface area contributed by atoms with Crippen LogP contribution in [-0.2, 0) is 6.54 Å². The van der Waals surface area contributed by atoms with Crippen LogP contribution in [0, 0.1) is 0 Å². The quantitative estimate of drug-likeness (QED) is 0.724. The Morgan fingerprint density at radius 2 is 2.07 bits per heavy atom. The summed E-state index contributed by atoms with van der Waals surface area (Å²) in [5, 5.41) is 8.62. The molecule has 0 aliphatic heterocycles. The first-order chi connectivity index (χ1) is 6.67. The Kier molecular flexibility index (Phi) is 3.92. The molecule has 0 aliphatic carbocycles. The second-order valence-electron chi connectivity index (χ2n) is 3.60. The van der Waals surface area contributed by atoms with Gasteiger partial charge in [-0.3, -0.25) is 0 Å². The number of hydrogen-bond acceptors (Lipinski definition) is 3. The van der Waals surface area contributed by atoms with Crippen LogP contribution < -0.4 is 10.2 Å². The van der Waals surface area contributed by atoms with Gasteiger partial charge >= 0.3 is 0 Å². The second-order valence-corrected chi connectivity index (χ2v) is 3.60. The van der Waals surface area contributed by atoms with Crippen molar-refractivity contribution in [3.05, 3.63) is 29.3 Å². The summed E-state index contributed by atoms with van der Waals surface area (Å²) in [6, 6.07) is 6.00. The molecule has 0 spiro atoms. The van der Waals surface area contributed by atoms with Crippen molar-refractivity contribution in [3.63, 3.8) is 0 Å². The highest BCUT2D eigenvalue weighted by atomic mass is 16.5. The molecule has 14 heavy (non-hydrogen) atoms. The van der Waals surface area contributed by atoms with Gasteiger partial charge in [0.1, 0.15) is 5.75 Å². The number of nitrogens with one attached hydrogen (secondary N) is 1. The maximum atomic E-state index is 8.62. The van der Waals surface area contributed by atoms with E-state index in [1.807, 2.05) is 12.1 Å². The topological polar surface area (TPSA) is 41.5 Å². The maximum Gasteiger partial charge on any atom is 0.119 e. The van der Waals surface area contributed by atoms with E-state index >= 15 is 0 Å². The number of benzene rings is 1. The Hall–Kier alpha value is -1.06. The molecule has 0 amide bonds. The number of hydroxylamine groups is 1. The van der Waals surface area contributed by atoms with Crippen molar-refractivity contribution in [1.29, 1.82) is 0 Å². The summed E-state index contributed by atoms with van der Waals surface area (Å²) in [4.78, 5) is 0. The van der Waals surface area contributed by atoms with Gasteiger partial charge in [-0.2, -0.15) is 0 Å². The molecule has 0 saturated carbocycles. The standard InChI is InChI=1S/C11H17NO2/c1-8(2)10-4-9(7-12-13)5-11(6-10)14-3/h4-6,8,12-13H,7H2,1-3H3. The van der Waals surface area contributed by atoms with Crippen LogP contribution in [0.15, 0.2) is 18.2 Å². The number of rotatable bonds is 4. The minimum absolute atomic E-state index is 0.441. The predicted octanol–water partition coefficient (Wildman–Crippen LogP) is 2.30. The third-order valence-corrected chi connectivity index (χ3v) is 2.17. The number of hydrogen-bond donors (Lipinski definition) is 2. The molecule has 1 aromatic rings. The molecule has 2 N–H and O–H groups in total. The molecule has 3 nitrogen and oxygen atoms in total. The van der Waals surface area contributed by atoms with Crippen molar-refractivity contribution < 1.29 is 9.94 Å². The van der Waals surface area contributed by atoms with E-state index in [4.69, 9.17) is 9.94 Å². The SMILES string of the molecule is COc1cc(CNO)cc(C(C)C)c1. The maximum absolute atomic E-state index is 8.62. The van der Waals surface area contributed by atoms with E-state index in [0.29, 0.717) is 12.5 Å². The summed E-state index contributed by atoms with van der Waals surface area (Å²) in [7, 11) is 1.65. The van der Waals surface area contributed by atoms with Crippen LogP contribution in [0.3, 0.4) is 0 Å². The lowest BCUT2D eigenvalue weighted by atomic mass is 10.0. The fourth-order valence-corrected chi connectivity index (χ4v) is 1.33. The molecule has 78 valence electrons. The summed E-state index contributed by atoms with van der Waals surface area (Å²) >= 11 is 0. The molecule has 0 bridgehead atoms. The summed E-state index contributed by atoms with van der Waals surface area (Å²) in [6.45, 7) is 4.70. The van der Waals surface area contributed by atoms with E-state index in [1.54, 1.807) is 7.11 Å². The van der Waals surface area contributed by atoms with Crippen molar-refractivity contribution in [3.8, 4) is 5.75 Å². The first-order valence-electron chi connectivity index (χ1n) is 4.72. The molecule has 0 saturated heterocycles. The summed E-state index contributed by atoms with van der Waals surface area (Å²) in [5.74, 6) is 1.30. The van der Waals surface area contributed by atoms with Gasteiger partial charge in [0.25, 0.3) is 0 Å². The van der Waals surface area contributed by atoms with Gasteiger partial charge in [0.05, 0.1) is 7.11 Å². The fourth-order valence-electron chi connectivity index (χ4n) is 1.33. The van der Waals surface area contributed by atoms with Gasteiger partial charge in [-0.15, -0.1) is 0 Å². The van der Waals surface area contributed by atoms with Gasteiger partial charge in [0, 0.05) is 6.54 Å².